The molecule has 110 valence electrons. The first-order valence-electron chi connectivity index (χ1n) is 6.88. The number of carbonyl (C=O) groups is 1. The number of amides is 1. The number of likely N-dealkylation sites (N-methyl/N-ethyl adjacent to an activating group) is 1. The lowest BCUT2D eigenvalue weighted by Gasteiger charge is -2.40. The molecule has 6 heteroatoms. The molecule has 2 saturated heterocycles. The topological polar surface area (TPSA) is 85.0 Å². The normalized spacial score (nSPS) is 25.8. The second kappa shape index (κ2) is 5.75. The van der Waals surface area contributed by atoms with Gasteiger partial charge in [0.2, 0.25) is 5.91 Å². The number of carbonyl (C=O) groups excluding carboxylic acids is 1. The van der Waals surface area contributed by atoms with Gasteiger partial charge in [-0.05, 0) is 12.8 Å². The van der Waals surface area contributed by atoms with Crippen molar-refractivity contribution < 1.29 is 19.4 Å². The van der Waals surface area contributed by atoms with Gasteiger partial charge in [-0.1, -0.05) is 0 Å². The third-order valence-corrected chi connectivity index (χ3v) is 4.11. The summed E-state index contributed by atoms with van der Waals surface area (Å²) in [6.07, 6.45) is 2.20. The molecule has 2 aliphatic heterocycles. The van der Waals surface area contributed by atoms with E-state index in [2.05, 4.69) is 0 Å². The molecule has 0 atom stereocenters. The van der Waals surface area contributed by atoms with Gasteiger partial charge in [-0.3, -0.25) is 4.79 Å². The highest BCUT2D eigenvalue weighted by atomic mass is 16.5. The van der Waals surface area contributed by atoms with Gasteiger partial charge >= 0.3 is 0 Å². The number of hydrogen-bond donors (Lipinski definition) is 2. The fourth-order valence-corrected chi connectivity index (χ4v) is 2.75. The van der Waals surface area contributed by atoms with Crippen LogP contribution in [0.1, 0.15) is 25.7 Å². The van der Waals surface area contributed by atoms with E-state index in [0.717, 1.165) is 0 Å². The number of nitrogens with zero attached hydrogens (tertiary/aromatic N) is 1. The van der Waals surface area contributed by atoms with Crippen LogP contribution in [0.25, 0.3) is 0 Å². The zero-order valence-corrected chi connectivity index (χ0v) is 11.6. The van der Waals surface area contributed by atoms with Crippen molar-refractivity contribution in [3.63, 3.8) is 0 Å². The minimum atomic E-state index is -0.843. The number of aliphatic hydroxyl groups is 1. The van der Waals surface area contributed by atoms with E-state index in [9.17, 15) is 9.90 Å². The van der Waals surface area contributed by atoms with Crippen LogP contribution in [0, 0.1) is 0 Å². The Labute approximate surface area is 113 Å². The van der Waals surface area contributed by atoms with Gasteiger partial charge in [0.25, 0.3) is 0 Å². The molecule has 0 saturated carbocycles. The Hall–Kier alpha value is -0.690. The van der Waals surface area contributed by atoms with Crippen molar-refractivity contribution in [3.05, 3.63) is 0 Å². The molecule has 2 heterocycles. The van der Waals surface area contributed by atoms with Crippen molar-refractivity contribution in [2.24, 2.45) is 5.73 Å². The lowest BCUT2D eigenvalue weighted by molar-refractivity contribution is -0.145. The van der Waals surface area contributed by atoms with Crippen molar-refractivity contribution in [3.8, 4) is 0 Å². The monoisotopic (exact) mass is 272 g/mol. The third-order valence-electron chi connectivity index (χ3n) is 4.11. The maximum Gasteiger partial charge on any atom is 0.242 e. The third kappa shape index (κ3) is 3.45. The predicted molar refractivity (Wildman–Crippen MR) is 69.6 cm³/mol. The Morgan fingerprint density at radius 1 is 1.16 bits per heavy atom. The zero-order valence-electron chi connectivity index (χ0n) is 11.6. The highest BCUT2D eigenvalue weighted by Crippen LogP contribution is 2.24. The van der Waals surface area contributed by atoms with E-state index in [1.807, 2.05) is 0 Å². The minimum absolute atomic E-state index is 0.101. The SMILES string of the molecule is CN(CC1(O)CCOCC1)C(=O)C1(N)CCOCC1. The van der Waals surface area contributed by atoms with Gasteiger partial charge in [0.1, 0.15) is 0 Å². The van der Waals surface area contributed by atoms with Gasteiger partial charge in [0.05, 0.1) is 11.1 Å². The number of hydrogen-bond acceptors (Lipinski definition) is 5. The molecule has 2 rings (SSSR count). The first kappa shape index (κ1) is 14.7. The van der Waals surface area contributed by atoms with Crippen molar-refractivity contribution in [2.45, 2.75) is 36.8 Å². The summed E-state index contributed by atoms with van der Waals surface area (Å²) in [5, 5.41) is 10.4. The van der Waals surface area contributed by atoms with Crippen LogP contribution in [0.2, 0.25) is 0 Å². The average Bonchev–Trinajstić information content (AvgIpc) is 2.39. The first-order valence-corrected chi connectivity index (χ1v) is 6.88. The van der Waals surface area contributed by atoms with E-state index in [1.54, 1.807) is 11.9 Å². The molecule has 0 spiro atoms. The second-order valence-electron chi connectivity index (χ2n) is 5.77. The van der Waals surface area contributed by atoms with E-state index in [1.165, 1.54) is 0 Å². The molecule has 0 radical (unpaired) electrons. The summed E-state index contributed by atoms with van der Waals surface area (Å²) in [5.41, 5.74) is 4.49. The lowest BCUT2D eigenvalue weighted by Crippen LogP contribution is -2.59. The fraction of sp³-hybridized carbons (Fsp3) is 0.923. The van der Waals surface area contributed by atoms with Gasteiger partial charge in [-0.25, -0.2) is 0 Å². The molecule has 2 fully saturated rings. The Kier molecular flexibility index (Phi) is 4.45. The van der Waals surface area contributed by atoms with Crippen LogP contribution >= 0.6 is 0 Å². The van der Waals surface area contributed by atoms with E-state index in [0.29, 0.717) is 58.7 Å². The van der Waals surface area contributed by atoms with Crippen molar-refractivity contribution in [1.29, 1.82) is 0 Å². The van der Waals surface area contributed by atoms with E-state index >= 15 is 0 Å². The van der Waals surface area contributed by atoms with Crippen LogP contribution in [0.4, 0.5) is 0 Å². The number of rotatable bonds is 3. The van der Waals surface area contributed by atoms with E-state index < -0.39 is 11.1 Å². The summed E-state index contributed by atoms with van der Waals surface area (Å²) in [7, 11) is 1.71. The maximum absolute atomic E-state index is 12.4. The van der Waals surface area contributed by atoms with Crippen molar-refractivity contribution in [1.82, 2.24) is 4.90 Å². The van der Waals surface area contributed by atoms with Gasteiger partial charge in [-0.15, -0.1) is 0 Å². The number of ether oxygens (including phenoxy) is 2. The molecule has 3 N–H and O–H groups in total. The highest BCUT2D eigenvalue weighted by molar-refractivity contribution is 5.86. The van der Waals surface area contributed by atoms with Gasteiger partial charge < -0.3 is 25.2 Å². The molecule has 6 nitrogen and oxygen atoms in total. The summed E-state index contributed by atoms with van der Waals surface area (Å²) in [6, 6.07) is 0. The molecule has 0 bridgehead atoms. The van der Waals surface area contributed by atoms with Crippen molar-refractivity contribution in [2.75, 3.05) is 40.0 Å². The van der Waals surface area contributed by atoms with Crippen LogP contribution in [-0.4, -0.2) is 67.1 Å². The van der Waals surface area contributed by atoms with Crippen molar-refractivity contribution >= 4 is 5.91 Å². The van der Waals surface area contributed by atoms with Gasteiger partial charge in [0, 0.05) is 52.9 Å². The highest BCUT2D eigenvalue weighted by Gasteiger charge is 2.40. The Bertz CT molecular complexity index is 323. The average molecular weight is 272 g/mol. The molecule has 1 amide bonds. The molecule has 0 aromatic carbocycles. The molecule has 19 heavy (non-hydrogen) atoms. The van der Waals surface area contributed by atoms with E-state index in [-0.39, 0.29) is 5.91 Å². The van der Waals surface area contributed by atoms with Crippen LogP contribution in [0.5, 0.6) is 0 Å². The smallest absolute Gasteiger partial charge is 0.242 e. The molecular formula is C13H24N2O4. The first-order chi connectivity index (χ1) is 8.95. The summed E-state index contributed by atoms with van der Waals surface area (Å²) in [6.45, 7) is 2.44. The molecular weight excluding hydrogens is 248 g/mol. The summed E-state index contributed by atoms with van der Waals surface area (Å²) >= 11 is 0. The standard InChI is InChI=1S/C13H24N2O4/c1-15(10-12(17)2-6-18-7-3-12)11(16)13(14)4-8-19-9-5-13/h17H,2-10,14H2,1H3. The number of nitrogens with two attached hydrogens (primary N) is 1. The molecule has 2 aliphatic rings. The molecule has 0 aromatic rings. The summed E-state index contributed by atoms with van der Waals surface area (Å²) in [5.74, 6) is -0.101. The van der Waals surface area contributed by atoms with Crippen LogP contribution in [0.15, 0.2) is 0 Å². The van der Waals surface area contributed by atoms with Crippen LogP contribution in [-0.2, 0) is 14.3 Å². The van der Waals surface area contributed by atoms with Crippen LogP contribution in [0.3, 0.4) is 0 Å². The van der Waals surface area contributed by atoms with Crippen LogP contribution < -0.4 is 5.73 Å². The lowest BCUT2D eigenvalue weighted by atomic mass is 9.88. The second-order valence-corrected chi connectivity index (χ2v) is 5.77. The molecule has 0 aromatic heterocycles. The fourth-order valence-electron chi connectivity index (χ4n) is 2.75. The predicted octanol–water partition coefficient (Wildman–Crippen LogP) is -0.506. The zero-order chi connectivity index (χ0) is 13.9. The Balaban J connectivity index is 1.94. The van der Waals surface area contributed by atoms with Gasteiger partial charge in [-0.2, -0.15) is 0 Å². The summed E-state index contributed by atoms with van der Waals surface area (Å²) < 4.78 is 10.5. The molecule has 0 unspecified atom stereocenters. The maximum atomic E-state index is 12.4. The molecule has 0 aliphatic carbocycles. The quantitative estimate of drug-likeness (QED) is 0.723. The summed E-state index contributed by atoms with van der Waals surface area (Å²) in [4.78, 5) is 14.0. The minimum Gasteiger partial charge on any atom is -0.388 e. The largest absolute Gasteiger partial charge is 0.388 e. The van der Waals surface area contributed by atoms with E-state index in [4.69, 9.17) is 15.2 Å². The Morgan fingerprint density at radius 2 is 1.63 bits per heavy atom. The van der Waals surface area contributed by atoms with Gasteiger partial charge in [0.15, 0.2) is 0 Å². The Morgan fingerprint density at radius 3 is 2.16 bits per heavy atom.